The first-order valence-electron chi connectivity index (χ1n) is 10.4. The number of aryl methyl sites for hydroxylation is 1. The number of aliphatic imine (C=N–C) groups is 1. The maximum Gasteiger partial charge on any atom is 0.196 e. The van der Waals surface area contributed by atoms with Crippen molar-refractivity contribution in [3.05, 3.63) is 41.2 Å². The Hall–Kier alpha value is -3.84. The summed E-state index contributed by atoms with van der Waals surface area (Å²) in [6.07, 6.45) is 1.77. The second kappa shape index (κ2) is 8.36. The van der Waals surface area contributed by atoms with Gasteiger partial charge in [0.25, 0.3) is 0 Å². The van der Waals surface area contributed by atoms with Gasteiger partial charge in [0.1, 0.15) is 11.9 Å². The highest BCUT2D eigenvalue weighted by Crippen LogP contribution is 2.28. The monoisotopic (exact) mass is 433 g/mol. The average molecular weight is 434 g/mol. The number of imidazole rings is 1. The molecule has 3 aromatic rings. The Morgan fingerprint density at radius 3 is 2.66 bits per heavy atom. The van der Waals surface area contributed by atoms with Gasteiger partial charge in [0.2, 0.25) is 0 Å². The van der Waals surface area contributed by atoms with Gasteiger partial charge in [-0.1, -0.05) is 0 Å². The summed E-state index contributed by atoms with van der Waals surface area (Å²) in [5.74, 6) is 0.949. The molecular formula is C22H27N9O. The number of benzene rings is 1. The molecule has 1 fully saturated rings. The van der Waals surface area contributed by atoms with Crippen LogP contribution in [0.5, 0.6) is 5.75 Å². The van der Waals surface area contributed by atoms with Gasteiger partial charge in [-0.25, -0.2) is 14.5 Å². The lowest BCUT2D eigenvalue weighted by atomic mass is 10.0. The van der Waals surface area contributed by atoms with Crippen LogP contribution in [0.3, 0.4) is 0 Å². The summed E-state index contributed by atoms with van der Waals surface area (Å²) in [7, 11) is 1.55. The lowest BCUT2D eigenvalue weighted by Crippen LogP contribution is -2.54. The van der Waals surface area contributed by atoms with Gasteiger partial charge in [0.05, 0.1) is 30.1 Å². The number of nitrogens with two attached hydrogens (primary N) is 2. The highest BCUT2D eigenvalue weighted by Gasteiger charge is 2.23. The third-order valence-electron chi connectivity index (χ3n) is 5.41. The van der Waals surface area contributed by atoms with Crippen molar-refractivity contribution in [3.63, 3.8) is 0 Å². The van der Waals surface area contributed by atoms with Gasteiger partial charge in [-0.15, -0.1) is 5.10 Å². The van der Waals surface area contributed by atoms with E-state index in [2.05, 4.69) is 45.2 Å². The predicted molar refractivity (Wildman–Crippen MR) is 125 cm³/mol. The molecule has 166 valence electrons. The number of nitrogen functional groups attached to an aromatic ring is 1. The van der Waals surface area contributed by atoms with E-state index in [4.69, 9.17) is 16.2 Å². The molecule has 0 bridgehead atoms. The third kappa shape index (κ3) is 4.02. The first-order valence-corrected chi connectivity index (χ1v) is 10.4. The number of amidine groups is 1. The van der Waals surface area contributed by atoms with Crippen molar-refractivity contribution in [2.75, 3.05) is 30.8 Å². The number of fused-ring (bicyclic) bond motifs is 1. The molecule has 0 aliphatic carbocycles. The molecule has 3 heterocycles. The summed E-state index contributed by atoms with van der Waals surface area (Å²) in [4.78, 5) is 11.0. The number of rotatable bonds is 4. The van der Waals surface area contributed by atoms with Crippen molar-refractivity contribution in [2.45, 2.75) is 32.9 Å². The first kappa shape index (κ1) is 21.4. The van der Waals surface area contributed by atoms with Crippen LogP contribution in [0.15, 0.2) is 29.4 Å². The minimum absolute atomic E-state index is 0.110. The minimum Gasteiger partial charge on any atom is -0.493 e. The zero-order valence-electron chi connectivity index (χ0n) is 18.6. The standard InChI is InChI=1S/C22H27N9O/c1-12-9-30(10-13(2)26-12)16-5-15(8-23)20(17(24)6-16)21(25)28-19-7-18(32-4)22-27-14(3)11-31(22)29-19/h5-7,11-13,26H,9-10,24H2,1-4H3,(H2,25,28,29). The van der Waals surface area contributed by atoms with Gasteiger partial charge in [0, 0.05) is 42.6 Å². The molecule has 1 aromatic carbocycles. The summed E-state index contributed by atoms with van der Waals surface area (Å²) in [5, 5.41) is 17.7. The second-order valence-electron chi connectivity index (χ2n) is 8.16. The minimum atomic E-state index is 0.110. The number of hydrogen-bond acceptors (Lipinski definition) is 8. The normalized spacial score (nSPS) is 19.2. The number of nitrogens with zero attached hydrogens (tertiary/aromatic N) is 6. The summed E-state index contributed by atoms with van der Waals surface area (Å²) in [5.41, 5.74) is 16.1. The Bertz CT molecular complexity index is 1230. The number of anilines is 2. The van der Waals surface area contributed by atoms with E-state index in [1.807, 2.05) is 19.1 Å². The van der Waals surface area contributed by atoms with Gasteiger partial charge in [-0.2, -0.15) is 5.26 Å². The first-order chi connectivity index (χ1) is 15.3. The lowest BCUT2D eigenvalue weighted by molar-refractivity contribution is 0.407. The van der Waals surface area contributed by atoms with E-state index in [0.29, 0.717) is 46.1 Å². The Morgan fingerprint density at radius 2 is 2.00 bits per heavy atom. The maximum absolute atomic E-state index is 9.82. The Balaban J connectivity index is 1.74. The van der Waals surface area contributed by atoms with E-state index in [1.54, 1.807) is 23.9 Å². The van der Waals surface area contributed by atoms with Crippen molar-refractivity contribution in [1.82, 2.24) is 19.9 Å². The summed E-state index contributed by atoms with van der Waals surface area (Å²) >= 11 is 0. The van der Waals surface area contributed by atoms with Crippen LogP contribution in [0.4, 0.5) is 17.2 Å². The van der Waals surface area contributed by atoms with E-state index in [1.165, 1.54) is 0 Å². The SMILES string of the molecule is COc1cc(N=C(N)c2c(N)cc(N3CC(C)NC(C)C3)cc2C#N)nn2cc(C)nc12. The molecule has 0 amide bonds. The molecular weight excluding hydrogens is 406 g/mol. The Morgan fingerprint density at radius 1 is 1.28 bits per heavy atom. The number of ether oxygens (including phenoxy) is 1. The zero-order chi connectivity index (χ0) is 23.0. The maximum atomic E-state index is 9.82. The number of aromatic nitrogens is 3. The van der Waals surface area contributed by atoms with E-state index in [-0.39, 0.29) is 5.84 Å². The Kier molecular flexibility index (Phi) is 5.59. The van der Waals surface area contributed by atoms with Crippen LogP contribution in [-0.2, 0) is 0 Å². The lowest BCUT2D eigenvalue weighted by Gasteiger charge is -2.38. The van der Waals surface area contributed by atoms with Crippen molar-refractivity contribution < 1.29 is 4.74 Å². The fourth-order valence-electron chi connectivity index (χ4n) is 4.18. The molecule has 1 saturated heterocycles. The van der Waals surface area contributed by atoms with Crippen LogP contribution in [0.25, 0.3) is 5.65 Å². The smallest absolute Gasteiger partial charge is 0.196 e. The molecule has 0 spiro atoms. The van der Waals surface area contributed by atoms with Crippen molar-refractivity contribution in [3.8, 4) is 11.8 Å². The van der Waals surface area contributed by atoms with Crippen LogP contribution in [-0.4, -0.2) is 52.7 Å². The molecule has 2 unspecified atom stereocenters. The average Bonchev–Trinajstić information content (AvgIpc) is 3.11. The van der Waals surface area contributed by atoms with Crippen LogP contribution >= 0.6 is 0 Å². The van der Waals surface area contributed by atoms with Gasteiger partial charge < -0.3 is 26.4 Å². The fraction of sp³-hybridized carbons (Fsp3) is 0.364. The van der Waals surface area contributed by atoms with Gasteiger partial charge in [-0.3, -0.25) is 0 Å². The number of hydrogen-bond donors (Lipinski definition) is 3. The molecule has 1 aliphatic rings. The van der Waals surface area contributed by atoms with E-state index >= 15 is 0 Å². The molecule has 2 atom stereocenters. The number of piperazine rings is 1. The summed E-state index contributed by atoms with van der Waals surface area (Å²) in [6, 6.07) is 8.19. The van der Waals surface area contributed by atoms with E-state index in [9.17, 15) is 5.26 Å². The van der Waals surface area contributed by atoms with Crippen LogP contribution in [0.1, 0.15) is 30.7 Å². The summed E-state index contributed by atoms with van der Waals surface area (Å²) < 4.78 is 7.00. The molecule has 2 aromatic heterocycles. The van der Waals surface area contributed by atoms with E-state index < -0.39 is 0 Å². The highest BCUT2D eigenvalue weighted by molar-refractivity contribution is 6.06. The molecule has 0 radical (unpaired) electrons. The molecule has 5 N–H and O–H groups in total. The largest absolute Gasteiger partial charge is 0.493 e. The second-order valence-corrected chi connectivity index (χ2v) is 8.16. The quantitative estimate of drug-likeness (QED) is 0.321. The predicted octanol–water partition coefficient (Wildman–Crippen LogP) is 1.72. The number of nitrogens with one attached hydrogen (secondary N) is 1. The summed E-state index contributed by atoms with van der Waals surface area (Å²) in [6.45, 7) is 7.79. The highest BCUT2D eigenvalue weighted by atomic mass is 16.5. The van der Waals surface area contributed by atoms with Crippen LogP contribution in [0, 0.1) is 18.3 Å². The van der Waals surface area contributed by atoms with Crippen LogP contribution in [0.2, 0.25) is 0 Å². The molecule has 10 nitrogen and oxygen atoms in total. The van der Waals surface area contributed by atoms with Crippen molar-refractivity contribution >= 4 is 28.7 Å². The molecule has 0 saturated carbocycles. The van der Waals surface area contributed by atoms with Crippen LogP contribution < -0.4 is 26.4 Å². The third-order valence-corrected chi connectivity index (χ3v) is 5.41. The van der Waals surface area contributed by atoms with E-state index in [0.717, 1.165) is 24.5 Å². The topological polar surface area (TPSA) is 143 Å². The van der Waals surface area contributed by atoms with Crippen molar-refractivity contribution in [2.24, 2.45) is 10.7 Å². The van der Waals surface area contributed by atoms with Crippen molar-refractivity contribution in [1.29, 1.82) is 5.26 Å². The molecule has 10 heteroatoms. The number of nitriles is 1. The molecule has 32 heavy (non-hydrogen) atoms. The molecule has 4 rings (SSSR count). The molecule has 1 aliphatic heterocycles. The van der Waals surface area contributed by atoms with Gasteiger partial charge >= 0.3 is 0 Å². The van der Waals surface area contributed by atoms with Gasteiger partial charge in [-0.05, 0) is 32.9 Å². The number of methoxy groups -OCH3 is 1. The fourth-order valence-corrected chi connectivity index (χ4v) is 4.18. The van der Waals surface area contributed by atoms with Gasteiger partial charge in [0.15, 0.2) is 17.2 Å². The Labute approximate surface area is 186 Å². The zero-order valence-corrected chi connectivity index (χ0v) is 18.6.